The van der Waals surface area contributed by atoms with E-state index >= 15 is 0 Å². The molecule has 3 aliphatic rings. The number of anilines is 1. The monoisotopic (exact) mass is 594 g/mol. The quantitative estimate of drug-likeness (QED) is 0.298. The van der Waals surface area contributed by atoms with Gasteiger partial charge in [-0.3, -0.25) is 9.78 Å². The number of hydrogen-bond acceptors (Lipinski definition) is 5. The van der Waals surface area contributed by atoms with E-state index < -0.39 is 10.0 Å². The molecule has 0 atom stereocenters. The largest absolute Gasteiger partial charge is 0.371 e. The van der Waals surface area contributed by atoms with Crippen LogP contribution in [-0.4, -0.2) is 61.2 Å². The molecule has 3 aromatic carbocycles. The number of sulfonamides is 1. The predicted molar refractivity (Wildman–Crippen MR) is 170 cm³/mol. The van der Waals surface area contributed by atoms with E-state index in [1.807, 2.05) is 72.7 Å². The number of aryl methyl sites for hydroxylation is 1. The molecule has 0 unspecified atom stereocenters. The average Bonchev–Trinajstić information content (AvgIpc) is 3.05. The first-order chi connectivity index (χ1) is 20.8. The molecule has 0 saturated carbocycles. The molecule has 7 nitrogen and oxygen atoms in total. The highest BCUT2D eigenvalue weighted by Crippen LogP contribution is 2.42. The van der Waals surface area contributed by atoms with Gasteiger partial charge < -0.3 is 9.80 Å². The Kier molecular flexibility index (Phi) is 7.22. The number of benzene rings is 3. The number of piperidine rings is 2. The molecule has 0 aliphatic carbocycles. The first kappa shape index (κ1) is 28.0. The Morgan fingerprint density at radius 2 is 1.49 bits per heavy atom. The van der Waals surface area contributed by atoms with Crippen molar-refractivity contribution in [3.05, 3.63) is 101 Å². The van der Waals surface area contributed by atoms with Crippen molar-refractivity contribution >= 4 is 32.4 Å². The number of pyridine rings is 1. The highest BCUT2D eigenvalue weighted by Gasteiger charge is 2.39. The van der Waals surface area contributed by atoms with Gasteiger partial charge in [-0.2, -0.15) is 4.31 Å². The van der Waals surface area contributed by atoms with Crippen LogP contribution in [0.3, 0.4) is 0 Å². The van der Waals surface area contributed by atoms with Gasteiger partial charge in [0.05, 0.1) is 4.90 Å². The highest BCUT2D eigenvalue weighted by molar-refractivity contribution is 7.89. The van der Waals surface area contributed by atoms with Gasteiger partial charge in [-0.1, -0.05) is 36.4 Å². The molecule has 1 spiro atoms. The molecule has 0 N–H and O–H groups in total. The number of carbonyl (C=O) groups excluding carboxylic acids is 1. The normalized spacial score (nSPS) is 19.0. The van der Waals surface area contributed by atoms with Gasteiger partial charge in [-0.15, -0.1) is 0 Å². The van der Waals surface area contributed by atoms with Gasteiger partial charge in [0.25, 0.3) is 5.91 Å². The second-order valence-electron chi connectivity index (χ2n) is 12.5. The lowest BCUT2D eigenvalue weighted by molar-refractivity contribution is 0.0515. The number of carbonyl (C=O) groups is 1. The molecule has 3 aliphatic heterocycles. The smallest absolute Gasteiger partial charge is 0.253 e. The zero-order valence-electron chi connectivity index (χ0n) is 24.7. The van der Waals surface area contributed by atoms with E-state index in [-0.39, 0.29) is 12.5 Å². The van der Waals surface area contributed by atoms with Crippen molar-refractivity contribution in [2.45, 2.75) is 50.5 Å². The third-order valence-electron chi connectivity index (χ3n) is 10.1. The second kappa shape index (κ2) is 11.1. The van der Waals surface area contributed by atoms with Crippen LogP contribution in [0.15, 0.2) is 84.0 Å². The van der Waals surface area contributed by atoms with E-state index in [9.17, 15) is 13.2 Å². The van der Waals surface area contributed by atoms with E-state index in [4.69, 9.17) is 0 Å². The van der Waals surface area contributed by atoms with E-state index in [1.54, 1.807) is 10.4 Å². The summed E-state index contributed by atoms with van der Waals surface area (Å²) in [4.78, 5) is 22.6. The van der Waals surface area contributed by atoms with Gasteiger partial charge in [0, 0.05) is 68.3 Å². The zero-order chi connectivity index (χ0) is 29.6. The summed E-state index contributed by atoms with van der Waals surface area (Å²) in [7, 11) is -3.71. The first-order valence-corrected chi connectivity index (χ1v) is 16.8. The number of likely N-dealkylation sites (tertiary alicyclic amines) is 1. The Morgan fingerprint density at radius 3 is 2.23 bits per heavy atom. The molecule has 0 bridgehead atoms. The molecule has 7 rings (SSSR count). The summed E-state index contributed by atoms with van der Waals surface area (Å²) in [5.41, 5.74) is 5.31. The Hall–Kier alpha value is -3.75. The van der Waals surface area contributed by atoms with Crippen molar-refractivity contribution in [3.63, 3.8) is 0 Å². The Balaban J connectivity index is 1.03. The summed E-state index contributed by atoms with van der Waals surface area (Å²) >= 11 is 0. The van der Waals surface area contributed by atoms with Crippen LogP contribution >= 0.6 is 0 Å². The lowest BCUT2D eigenvalue weighted by Gasteiger charge is -2.47. The molecule has 222 valence electrons. The second-order valence-corrected chi connectivity index (χ2v) is 14.4. The maximum absolute atomic E-state index is 13.9. The number of rotatable bonds is 4. The summed E-state index contributed by atoms with van der Waals surface area (Å²) < 4.78 is 29.3. The molecule has 1 amide bonds. The molecule has 2 fully saturated rings. The van der Waals surface area contributed by atoms with Crippen LogP contribution in [0.1, 0.15) is 52.7 Å². The fourth-order valence-electron chi connectivity index (χ4n) is 7.32. The molecule has 1 aromatic heterocycles. The fourth-order valence-corrected chi connectivity index (χ4v) is 8.93. The summed E-state index contributed by atoms with van der Waals surface area (Å²) in [6.07, 6.45) is 8.71. The summed E-state index contributed by atoms with van der Waals surface area (Å²) in [5.74, 6) is 0.0522. The molecule has 8 heteroatoms. The first-order valence-electron chi connectivity index (χ1n) is 15.4. The number of fused-ring (bicyclic) bond motifs is 2. The Bertz CT molecular complexity index is 1770. The highest BCUT2D eigenvalue weighted by atomic mass is 32.2. The van der Waals surface area contributed by atoms with E-state index in [0.29, 0.717) is 28.8 Å². The summed E-state index contributed by atoms with van der Waals surface area (Å²) in [6, 6.07) is 21.3. The predicted octanol–water partition coefficient (Wildman–Crippen LogP) is 5.81. The van der Waals surface area contributed by atoms with Crippen LogP contribution in [0.4, 0.5) is 5.69 Å². The van der Waals surface area contributed by atoms with E-state index in [2.05, 4.69) is 22.0 Å². The summed E-state index contributed by atoms with van der Waals surface area (Å²) in [5, 5.41) is 1.71. The molecule has 2 saturated heterocycles. The minimum Gasteiger partial charge on any atom is -0.371 e. The molecular formula is C35H38N4O3S. The SMILES string of the molecule is Cc1ccc(S(=O)(=O)N2CCc3ccc(C(=O)N4CCC5(CC4)CCN(c4ccncc4)CC5)cc3C2)c2ccccc12. The third kappa shape index (κ3) is 5.21. The average molecular weight is 595 g/mol. The lowest BCUT2D eigenvalue weighted by atomic mass is 9.71. The van der Waals surface area contributed by atoms with Crippen LogP contribution in [0.25, 0.3) is 10.8 Å². The number of nitrogens with zero attached hydrogens (tertiary/aromatic N) is 4. The Morgan fingerprint density at radius 1 is 0.791 bits per heavy atom. The van der Waals surface area contributed by atoms with Crippen molar-refractivity contribution in [1.29, 1.82) is 0 Å². The van der Waals surface area contributed by atoms with Crippen molar-refractivity contribution in [2.75, 3.05) is 37.6 Å². The van der Waals surface area contributed by atoms with Gasteiger partial charge in [0.2, 0.25) is 10.0 Å². The number of amides is 1. The van der Waals surface area contributed by atoms with Crippen LogP contribution in [-0.2, 0) is 23.0 Å². The number of hydrogen-bond donors (Lipinski definition) is 0. The fraction of sp³-hybridized carbons (Fsp3) is 0.371. The van der Waals surface area contributed by atoms with E-state index in [1.165, 1.54) is 5.69 Å². The molecule has 43 heavy (non-hydrogen) atoms. The van der Waals surface area contributed by atoms with Crippen LogP contribution in [0.5, 0.6) is 0 Å². The van der Waals surface area contributed by atoms with Crippen LogP contribution in [0.2, 0.25) is 0 Å². The minimum absolute atomic E-state index is 0.0522. The van der Waals surface area contributed by atoms with Gasteiger partial charge in [0.1, 0.15) is 0 Å². The Labute approximate surface area is 254 Å². The van der Waals surface area contributed by atoms with Crippen molar-refractivity contribution in [3.8, 4) is 0 Å². The molecular weight excluding hydrogens is 556 g/mol. The minimum atomic E-state index is -3.71. The molecule has 0 radical (unpaired) electrons. The zero-order valence-corrected chi connectivity index (χ0v) is 25.5. The van der Waals surface area contributed by atoms with Crippen LogP contribution < -0.4 is 4.90 Å². The molecule has 4 aromatic rings. The topological polar surface area (TPSA) is 73.8 Å². The summed E-state index contributed by atoms with van der Waals surface area (Å²) in [6.45, 7) is 6.33. The van der Waals surface area contributed by atoms with Gasteiger partial charge in [-0.25, -0.2) is 8.42 Å². The molecule has 4 heterocycles. The lowest BCUT2D eigenvalue weighted by Crippen LogP contribution is -2.48. The number of aromatic nitrogens is 1. The van der Waals surface area contributed by atoms with Gasteiger partial charge in [0.15, 0.2) is 0 Å². The van der Waals surface area contributed by atoms with Gasteiger partial charge in [-0.05, 0) is 96.9 Å². The third-order valence-corrected chi connectivity index (χ3v) is 12.0. The van der Waals surface area contributed by atoms with Gasteiger partial charge >= 0.3 is 0 Å². The standard InChI is InChI=1S/C35H38N4O3S/c1-26-6-9-33(32-5-3-2-4-31(26)32)43(41,42)39-19-12-27-7-8-28(24-29(27)25-39)34(40)38-22-15-35(16-23-38)13-20-37(21-14-35)30-10-17-36-18-11-30/h2-11,17-18,24H,12-16,19-23,25H2,1H3. The van der Waals surface area contributed by atoms with E-state index in [0.717, 1.165) is 79.3 Å². The van der Waals surface area contributed by atoms with Crippen molar-refractivity contribution < 1.29 is 13.2 Å². The van der Waals surface area contributed by atoms with Crippen LogP contribution in [0, 0.1) is 12.3 Å². The van der Waals surface area contributed by atoms with Crippen molar-refractivity contribution in [2.24, 2.45) is 5.41 Å². The maximum Gasteiger partial charge on any atom is 0.253 e. The van der Waals surface area contributed by atoms with Crippen molar-refractivity contribution in [1.82, 2.24) is 14.2 Å². The maximum atomic E-state index is 13.9.